The van der Waals surface area contributed by atoms with Crippen molar-refractivity contribution in [1.29, 1.82) is 0 Å². The van der Waals surface area contributed by atoms with Gasteiger partial charge in [0, 0.05) is 22.3 Å². The highest BCUT2D eigenvalue weighted by Gasteiger charge is 2.57. The first-order valence-electron chi connectivity index (χ1n) is 16.8. The SMILES string of the molecule is COc1ccccc1C1(c2ccccc2OC)OC(CC2=N[C@H](C(C)C)C(c3ccccc3OC)(c3ccccc3OC)O2)=N[C@@H]1C(C)C. The molecule has 4 aromatic carbocycles. The first-order valence-corrected chi connectivity index (χ1v) is 16.8. The molecule has 0 N–H and O–H groups in total. The van der Waals surface area contributed by atoms with Crippen LogP contribution in [0.2, 0.25) is 0 Å². The second kappa shape index (κ2) is 13.9. The van der Waals surface area contributed by atoms with Gasteiger partial charge in [0.15, 0.2) is 23.0 Å². The van der Waals surface area contributed by atoms with E-state index in [1.54, 1.807) is 28.4 Å². The smallest absolute Gasteiger partial charge is 0.194 e. The van der Waals surface area contributed by atoms with E-state index in [1.165, 1.54) is 0 Å². The van der Waals surface area contributed by atoms with Crippen molar-refractivity contribution in [2.75, 3.05) is 28.4 Å². The maximum Gasteiger partial charge on any atom is 0.194 e. The third-order valence-corrected chi connectivity index (χ3v) is 9.55. The van der Waals surface area contributed by atoms with Crippen molar-refractivity contribution < 1.29 is 28.4 Å². The van der Waals surface area contributed by atoms with Gasteiger partial charge in [-0.1, -0.05) is 100 Å². The van der Waals surface area contributed by atoms with Crippen LogP contribution in [0.15, 0.2) is 107 Å². The van der Waals surface area contributed by atoms with E-state index in [1.807, 2.05) is 97.1 Å². The molecule has 6 rings (SSSR count). The number of nitrogens with zero attached hydrogens (tertiary/aromatic N) is 2. The van der Waals surface area contributed by atoms with Crippen molar-refractivity contribution in [3.05, 3.63) is 119 Å². The van der Waals surface area contributed by atoms with E-state index in [4.69, 9.17) is 38.4 Å². The predicted octanol–water partition coefficient (Wildman–Crippen LogP) is 8.21. The Labute approximate surface area is 289 Å². The van der Waals surface area contributed by atoms with Crippen LogP contribution in [-0.2, 0) is 20.7 Å². The molecule has 4 aromatic rings. The average Bonchev–Trinajstić information content (AvgIpc) is 3.72. The molecule has 2 atom stereocenters. The van der Waals surface area contributed by atoms with Gasteiger partial charge in [-0.3, -0.25) is 0 Å². The summed E-state index contributed by atoms with van der Waals surface area (Å²) in [6.07, 6.45) is 0.241. The van der Waals surface area contributed by atoms with Gasteiger partial charge in [-0.25, -0.2) is 9.98 Å². The minimum Gasteiger partial charge on any atom is -0.496 e. The lowest BCUT2D eigenvalue weighted by Gasteiger charge is -2.38. The second-order valence-corrected chi connectivity index (χ2v) is 13.1. The molecule has 0 spiro atoms. The largest absolute Gasteiger partial charge is 0.496 e. The summed E-state index contributed by atoms with van der Waals surface area (Å²) in [5.41, 5.74) is 1.39. The Hall–Kier alpha value is -4.98. The zero-order chi connectivity index (χ0) is 34.8. The zero-order valence-corrected chi connectivity index (χ0v) is 29.6. The molecule has 0 saturated heterocycles. The number of ether oxygens (including phenoxy) is 6. The van der Waals surface area contributed by atoms with Crippen molar-refractivity contribution in [3.8, 4) is 23.0 Å². The Morgan fingerprint density at radius 3 is 1.00 bits per heavy atom. The maximum absolute atomic E-state index is 7.19. The topological polar surface area (TPSA) is 80.1 Å². The molecule has 256 valence electrons. The van der Waals surface area contributed by atoms with Crippen LogP contribution in [-0.4, -0.2) is 52.3 Å². The van der Waals surface area contributed by atoms with E-state index in [-0.39, 0.29) is 30.3 Å². The number of hydrogen-bond donors (Lipinski definition) is 0. The highest BCUT2D eigenvalue weighted by atomic mass is 16.5. The second-order valence-electron chi connectivity index (χ2n) is 13.1. The van der Waals surface area contributed by atoms with Gasteiger partial charge >= 0.3 is 0 Å². The van der Waals surface area contributed by atoms with E-state index in [0.717, 1.165) is 22.3 Å². The molecule has 2 aliphatic rings. The van der Waals surface area contributed by atoms with Crippen LogP contribution in [0.1, 0.15) is 56.4 Å². The van der Waals surface area contributed by atoms with Gasteiger partial charge in [0.2, 0.25) is 0 Å². The van der Waals surface area contributed by atoms with Crippen molar-refractivity contribution >= 4 is 11.8 Å². The molecular formula is C41H46N2O6. The number of hydrogen-bond acceptors (Lipinski definition) is 8. The van der Waals surface area contributed by atoms with Gasteiger partial charge in [-0.15, -0.1) is 0 Å². The van der Waals surface area contributed by atoms with Crippen molar-refractivity contribution in [3.63, 3.8) is 0 Å². The number of rotatable bonds is 12. The summed E-state index contributed by atoms with van der Waals surface area (Å²) in [5.74, 6) is 4.03. The normalized spacial score (nSPS) is 19.1. The number of para-hydroxylation sites is 4. The van der Waals surface area contributed by atoms with Crippen LogP contribution < -0.4 is 18.9 Å². The Kier molecular flexibility index (Phi) is 9.59. The fourth-order valence-corrected chi connectivity index (χ4v) is 7.52. The van der Waals surface area contributed by atoms with Crippen LogP contribution in [0.25, 0.3) is 0 Å². The monoisotopic (exact) mass is 662 g/mol. The predicted molar refractivity (Wildman–Crippen MR) is 192 cm³/mol. The third kappa shape index (κ3) is 5.67. The van der Waals surface area contributed by atoms with E-state index < -0.39 is 11.2 Å². The van der Waals surface area contributed by atoms with Crippen molar-refractivity contribution in [2.45, 2.75) is 57.4 Å². The molecular weight excluding hydrogens is 616 g/mol. The van der Waals surface area contributed by atoms with Gasteiger partial charge in [0.25, 0.3) is 0 Å². The number of aliphatic imine (C=N–C) groups is 2. The lowest BCUT2D eigenvalue weighted by Crippen LogP contribution is -2.42. The first-order chi connectivity index (χ1) is 23.7. The Morgan fingerprint density at radius 2 is 0.755 bits per heavy atom. The summed E-state index contributed by atoms with van der Waals surface area (Å²) in [6, 6.07) is 31.2. The van der Waals surface area contributed by atoms with E-state index in [9.17, 15) is 0 Å². The fourth-order valence-electron chi connectivity index (χ4n) is 7.52. The van der Waals surface area contributed by atoms with Gasteiger partial charge in [-0.05, 0) is 36.1 Å². The molecule has 0 amide bonds. The molecule has 0 aromatic heterocycles. The molecule has 8 heteroatoms. The average molecular weight is 663 g/mol. The van der Waals surface area contributed by atoms with Gasteiger partial charge in [-0.2, -0.15) is 0 Å². The molecule has 0 fully saturated rings. The summed E-state index contributed by atoms with van der Waals surface area (Å²) < 4.78 is 38.1. The van der Waals surface area contributed by atoms with Crippen LogP contribution in [0, 0.1) is 11.8 Å². The van der Waals surface area contributed by atoms with Gasteiger partial charge in [0.05, 0.1) is 34.9 Å². The summed E-state index contributed by atoms with van der Waals surface area (Å²) in [4.78, 5) is 10.6. The molecule has 0 aliphatic carbocycles. The Balaban J connectivity index is 1.49. The first kappa shape index (κ1) is 33.9. The Morgan fingerprint density at radius 1 is 0.490 bits per heavy atom. The van der Waals surface area contributed by atoms with Crippen LogP contribution >= 0.6 is 0 Å². The highest BCUT2D eigenvalue weighted by Crippen LogP contribution is 2.53. The van der Waals surface area contributed by atoms with Crippen LogP contribution in [0.5, 0.6) is 23.0 Å². The minimum atomic E-state index is -1.04. The maximum atomic E-state index is 7.19. The summed E-state index contributed by atoms with van der Waals surface area (Å²) in [7, 11) is 6.72. The molecule has 2 aliphatic heterocycles. The molecule has 0 radical (unpaired) electrons. The third-order valence-electron chi connectivity index (χ3n) is 9.55. The summed E-state index contributed by atoms with van der Waals surface area (Å²) >= 11 is 0. The van der Waals surface area contributed by atoms with Crippen molar-refractivity contribution in [2.24, 2.45) is 21.8 Å². The summed E-state index contributed by atoms with van der Waals surface area (Å²) in [6.45, 7) is 8.64. The highest BCUT2D eigenvalue weighted by molar-refractivity contribution is 5.99. The molecule has 0 unspecified atom stereocenters. The van der Waals surface area contributed by atoms with Crippen LogP contribution in [0.3, 0.4) is 0 Å². The fraction of sp³-hybridized carbons (Fsp3) is 0.366. The Bertz CT molecular complexity index is 1620. The minimum absolute atomic E-state index is 0.0865. The molecule has 0 saturated carbocycles. The van der Waals surface area contributed by atoms with Gasteiger partial charge < -0.3 is 28.4 Å². The quantitative estimate of drug-likeness (QED) is 0.152. The van der Waals surface area contributed by atoms with E-state index in [2.05, 4.69) is 27.7 Å². The molecule has 0 bridgehead atoms. The van der Waals surface area contributed by atoms with E-state index >= 15 is 0 Å². The zero-order valence-electron chi connectivity index (χ0n) is 29.6. The van der Waals surface area contributed by atoms with Gasteiger partial charge in [0.1, 0.15) is 35.1 Å². The summed E-state index contributed by atoms with van der Waals surface area (Å²) in [5, 5.41) is 0. The lowest BCUT2D eigenvalue weighted by molar-refractivity contribution is 0.0670. The van der Waals surface area contributed by atoms with Crippen LogP contribution in [0.4, 0.5) is 0 Å². The lowest BCUT2D eigenvalue weighted by atomic mass is 9.75. The number of benzene rings is 4. The standard InChI is InChI=1S/C41H46N2O6/c1-26(2)38-40(28-17-9-13-21-32(28)44-5,29-18-10-14-22-33(29)45-6)48-36(42-38)25-37-43-39(27(3)4)41(49-37,30-19-11-15-23-34(30)46-7)31-20-12-16-24-35(31)47-8/h9-24,26-27,38-39H,25H2,1-8H3/t38-,39-/m1/s1. The number of methoxy groups -OCH3 is 4. The van der Waals surface area contributed by atoms with Crippen molar-refractivity contribution in [1.82, 2.24) is 0 Å². The molecule has 49 heavy (non-hydrogen) atoms. The van der Waals surface area contributed by atoms with E-state index in [0.29, 0.717) is 34.8 Å². The molecule has 8 nitrogen and oxygen atoms in total. The molecule has 2 heterocycles.